The van der Waals surface area contributed by atoms with Gasteiger partial charge in [-0.25, -0.2) is 22.8 Å². The fourth-order valence-electron chi connectivity index (χ4n) is 3.84. The molecule has 1 fully saturated rings. The summed E-state index contributed by atoms with van der Waals surface area (Å²) in [4.78, 5) is 24.5. The van der Waals surface area contributed by atoms with Crippen LogP contribution >= 0.6 is 0 Å². The van der Waals surface area contributed by atoms with E-state index in [1.807, 2.05) is 0 Å². The number of sulfonamides is 1. The van der Waals surface area contributed by atoms with E-state index in [0.717, 1.165) is 18.7 Å². The van der Waals surface area contributed by atoms with Gasteiger partial charge >= 0.3 is 0 Å². The van der Waals surface area contributed by atoms with E-state index in [-0.39, 0.29) is 23.4 Å². The third-order valence-corrected chi connectivity index (χ3v) is 7.07. The molecule has 10 nitrogen and oxygen atoms in total. The summed E-state index contributed by atoms with van der Waals surface area (Å²) in [6.07, 6.45) is 4.15. The summed E-state index contributed by atoms with van der Waals surface area (Å²) in [5, 5.41) is 6.35. The molecule has 1 saturated carbocycles. The molecule has 2 heterocycles. The molecule has 2 aliphatic rings. The molecule has 182 valence electrons. The van der Waals surface area contributed by atoms with Crippen LogP contribution < -0.4 is 21.1 Å². The topological polar surface area (TPSA) is 151 Å². The standard InChI is InChI=1S/C22H28FN7O3S/c1-2-12-34(32,33)30-15-5-3-4-14(18(15)23)19-20(29-21(28-19)13-6-7-13)16-8-10-25-22(27-16)26-11-9-17(24)31/h3-5,8,10,13,19-20,30H,2,6-7,9,11-12H2,1H3,(H2,24,31)(H,28,29)(H,25,26,27). The summed E-state index contributed by atoms with van der Waals surface area (Å²) in [5.41, 5.74) is 5.94. The second kappa shape index (κ2) is 9.92. The Morgan fingerprint density at radius 3 is 2.79 bits per heavy atom. The second-order valence-corrected chi connectivity index (χ2v) is 10.3. The Balaban J connectivity index is 1.63. The molecule has 0 bridgehead atoms. The lowest BCUT2D eigenvalue weighted by atomic mass is 9.97. The van der Waals surface area contributed by atoms with Crippen molar-refractivity contribution in [2.75, 3.05) is 22.3 Å². The summed E-state index contributed by atoms with van der Waals surface area (Å²) < 4.78 is 42.3. The Kier molecular flexibility index (Phi) is 6.96. The summed E-state index contributed by atoms with van der Waals surface area (Å²) in [6.45, 7) is 2.03. The van der Waals surface area contributed by atoms with Crippen LogP contribution in [0.15, 0.2) is 35.5 Å². The molecule has 1 aliphatic heterocycles. The van der Waals surface area contributed by atoms with Gasteiger partial charge in [-0.2, -0.15) is 0 Å². The number of aliphatic imine (C=N–C) groups is 1. The molecule has 34 heavy (non-hydrogen) atoms. The first kappa shape index (κ1) is 23.9. The Morgan fingerprint density at radius 2 is 2.09 bits per heavy atom. The van der Waals surface area contributed by atoms with Crippen LogP contribution in [0.3, 0.4) is 0 Å². The summed E-state index contributed by atoms with van der Waals surface area (Å²) in [7, 11) is -3.65. The Labute approximate surface area is 197 Å². The fourth-order valence-corrected chi connectivity index (χ4v) is 4.97. The highest BCUT2D eigenvalue weighted by Crippen LogP contribution is 2.42. The lowest BCUT2D eigenvalue weighted by Crippen LogP contribution is -2.27. The number of benzene rings is 1. The van der Waals surface area contributed by atoms with Gasteiger partial charge in [0.25, 0.3) is 0 Å². The highest BCUT2D eigenvalue weighted by Gasteiger charge is 2.40. The molecule has 1 aromatic carbocycles. The average molecular weight is 490 g/mol. The second-order valence-electron chi connectivity index (χ2n) is 8.43. The van der Waals surface area contributed by atoms with Crippen LogP contribution in [0.25, 0.3) is 0 Å². The normalized spacial score (nSPS) is 19.9. The van der Waals surface area contributed by atoms with Gasteiger partial charge in [-0.3, -0.25) is 14.5 Å². The van der Waals surface area contributed by atoms with Crippen molar-refractivity contribution in [3.8, 4) is 0 Å². The average Bonchev–Trinajstić information content (AvgIpc) is 3.54. The van der Waals surface area contributed by atoms with Gasteiger partial charge in [0.05, 0.1) is 23.2 Å². The van der Waals surface area contributed by atoms with Crippen LogP contribution in [0.2, 0.25) is 0 Å². The number of amides is 1. The van der Waals surface area contributed by atoms with E-state index >= 15 is 4.39 Å². The van der Waals surface area contributed by atoms with E-state index < -0.39 is 33.8 Å². The smallest absolute Gasteiger partial charge is 0.232 e. The molecule has 4 rings (SSSR count). The number of nitrogens with zero attached hydrogens (tertiary/aromatic N) is 3. The number of nitrogens with two attached hydrogens (primary N) is 1. The number of amidine groups is 1. The minimum Gasteiger partial charge on any atom is -0.370 e. The van der Waals surface area contributed by atoms with Gasteiger partial charge < -0.3 is 16.4 Å². The lowest BCUT2D eigenvalue weighted by Gasteiger charge is -2.21. The summed E-state index contributed by atoms with van der Waals surface area (Å²) in [6, 6.07) is 5.24. The van der Waals surface area contributed by atoms with Crippen LogP contribution in [-0.2, 0) is 14.8 Å². The maximum absolute atomic E-state index is 15.5. The minimum atomic E-state index is -3.65. The number of aromatic nitrogens is 2. The quantitative estimate of drug-likeness (QED) is 0.378. The predicted octanol–water partition coefficient (Wildman–Crippen LogP) is 2.25. The molecule has 1 aromatic heterocycles. The number of anilines is 2. The molecule has 1 amide bonds. The van der Waals surface area contributed by atoms with Crippen LogP contribution in [0.5, 0.6) is 0 Å². The van der Waals surface area contributed by atoms with Gasteiger partial charge in [0, 0.05) is 30.6 Å². The first-order valence-electron chi connectivity index (χ1n) is 11.3. The van der Waals surface area contributed by atoms with Crippen molar-refractivity contribution < 1.29 is 17.6 Å². The SMILES string of the molecule is CCCS(=O)(=O)Nc1cccc(C2N=C(C3CC3)NC2c2ccnc(NCCC(N)=O)n2)c1F. The Morgan fingerprint density at radius 1 is 1.29 bits per heavy atom. The number of carbonyl (C=O) groups is 1. The van der Waals surface area contributed by atoms with Crippen molar-refractivity contribution in [2.24, 2.45) is 16.6 Å². The van der Waals surface area contributed by atoms with Gasteiger partial charge in [0.2, 0.25) is 21.9 Å². The molecule has 0 saturated heterocycles. The number of carbonyl (C=O) groups excluding carboxylic acids is 1. The van der Waals surface area contributed by atoms with Gasteiger partial charge in [-0.15, -0.1) is 0 Å². The van der Waals surface area contributed by atoms with Crippen molar-refractivity contribution in [2.45, 2.75) is 44.7 Å². The zero-order valence-electron chi connectivity index (χ0n) is 18.8. The number of hydrogen-bond donors (Lipinski definition) is 4. The first-order chi connectivity index (χ1) is 16.3. The highest BCUT2D eigenvalue weighted by atomic mass is 32.2. The Bertz CT molecular complexity index is 1200. The number of halogens is 1. The summed E-state index contributed by atoms with van der Waals surface area (Å²) in [5.74, 6) is 0.230. The number of nitrogens with one attached hydrogen (secondary N) is 3. The lowest BCUT2D eigenvalue weighted by molar-refractivity contribution is -0.117. The third kappa shape index (κ3) is 5.61. The number of rotatable bonds is 11. The van der Waals surface area contributed by atoms with Crippen LogP contribution in [-0.4, -0.2) is 42.4 Å². The molecule has 0 spiro atoms. The van der Waals surface area contributed by atoms with Crippen molar-refractivity contribution in [1.82, 2.24) is 15.3 Å². The number of hydrogen-bond acceptors (Lipinski definition) is 8. The van der Waals surface area contributed by atoms with Gasteiger partial charge in [-0.1, -0.05) is 19.1 Å². The van der Waals surface area contributed by atoms with Gasteiger partial charge in [-0.05, 0) is 31.4 Å². The molecular formula is C22H28FN7O3S. The first-order valence-corrected chi connectivity index (χ1v) is 12.9. The fraction of sp³-hybridized carbons (Fsp3) is 0.455. The van der Waals surface area contributed by atoms with Crippen LogP contribution in [0, 0.1) is 11.7 Å². The van der Waals surface area contributed by atoms with Crippen LogP contribution in [0.4, 0.5) is 16.0 Å². The van der Waals surface area contributed by atoms with Crippen molar-refractivity contribution in [1.29, 1.82) is 0 Å². The summed E-state index contributed by atoms with van der Waals surface area (Å²) >= 11 is 0. The van der Waals surface area contributed by atoms with E-state index in [2.05, 4.69) is 25.3 Å². The van der Waals surface area contributed by atoms with E-state index in [4.69, 9.17) is 10.7 Å². The zero-order valence-corrected chi connectivity index (χ0v) is 19.6. The molecule has 12 heteroatoms. The molecule has 0 radical (unpaired) electrons. The molecule has 2 atom stereocenters. The predicted molar refractivity (Wildman–Crippen MR) is 127 cm³/mol. The largest absolute Gasteiger partial charge is 0.370 e. The molecule has 1 aliphatic carbocycles. The molecule has 5 N–H and O–H groups in total. The maximum Gasteiger partial charge on any atom is 0.232 e. The molecule has 2 unspecified atom stereocenters. The van der Waals surface area contributed by atoms with Gasteiger partial charge in [0.15, 0.2) is 5.82 Å². The van der Waals surface area contributed by atoms with E-state index in [9.17, 15) is 13.2 Å². The van der Waals surface area contributed by atoms with Crippen molar-refractivity contribution >= 4 is 33.4 Å². The van der Waals surface area contributed by atoms with E-state index in [0.29, 0.717) is 30.5 Å². The highest BCUT2D eigenvalue weighted by molar-refractivity contribution is 7.92. The molecule has 2 aromatic rings. The Hall–Kier alpha value is -3.28. The maximum atomic E-state index is 15.5. The minimum absolute atomic E-state index is 0.0965. The monoisotopic (exact) mass is 489 g/mol. The van der Waals surface area contributed by atoms with Gasteiger partial charge in [0.1, 0.15) is 11.9 Å². The van der Waals surface area contributed by atoms with Crippen molar-refractivity contribution in [3.63, 3.8) is 0 Å². The number of primary amides is 1. The molecular weight excluding hydrogens is 461 g/mol. The van der Waals surface area contributed by atoms with Crippen molar-refractivity contribution in [3.05, 3.63) is 47.5 Å². The van der Waals surface area contributed by atoms with Crippen LogP contribution in [0.1, 0.15) is 55.9 Å². The van der Waals surface area contributed by atoms with E-state index in [1.54, 1.807) is 31.3 Å². The van der Waals surface area contributed by atoms with E-state index in [1.165, 1.54) is 6.07 Å². The third-order valence-electron chi connectivity index (χ3n) is 5.60. The zero-order chi connectivity index (χ0) is 24.3.